The van der Waals surface area contributed by atoms with Gasteiger partial charge in [0.1, 0.15) is 11.6 Å². The van der Waals surface area contributed by atoms with E-state index < -0.39 is 0 Å². The molecule has 0 saturated carbocycles. The van der Waals surface area contributed by atoms with Crippen molar-refractivity contribution >= 4 is 11.6 Å². The van der Waals surface area contributed by atoms with Crippen LogP contribution in [0.5, 0.6) is 0 Å². The van der Waals surface area contributed by atoms with E-state index in [2.05, 4.69) is 0 Å². The Morgan fingerprint density at radius 3 is 1.54 bits per heavy atom. The summed E-state index contributed by atoms with van der Waals surface area (Å²) in [7, 11) is 0. The first kappa shape index (κ1) is 19.5. The normalized spacial score (nSPS) is 24.7. The second kappa shape index (κ2) is 11.7. The van der Waals surface area contributed by atoms with Crippen LogP contribution >= 0.6 is 0 Å². The minimum absolute atomic E-state index is 0.0655. The number of hydrogen-bond acceptors (Lipinski definition) is 6. The summed E-state index contributed by atoms with van der Waals surface area (Å²) in [5.41, 5.74) is 0. The molecule has 6 heteroatoms. The fourth-order valence-electron chi connectivity index (χ4n) is 2.82. The van der Waals surface area contributed by atoms with Crippen LogP contribution < -0.4 is 0 Å². The Hall–Kier alpha value is -0.820. The van der Waals surface area contributed by atoms with Gasteiger partial charge in [-0.05, 0) is 38.5 Å². The molecule has 0 aromatic heterocycles. The van der Waals surface area contributed by atoms with Gasteiger partial charge in [-0.25, -0.2) is 0 Å². The van der Waals surface area contributed by atoms with Gasteiger partial charge in [-0.2, -0.15) is 0 Å². The molecule has 6 nitrogen and oxygen atoms in total. The van der Waals surface area contributed by atoms with Crippen LogP contribution in [0.25, 0.3) is 0 Å². The third-order valence-corrected chi connectivity index (χ3v) is 4.33. The average molecular weight is 342 g/mol. The van der Waals surface area contributed by atoms with E-state index in [1.54, 1.807) is 0 Å². The van der Waals surface area contributed by atoms with E-state index >= 15 is 0 Å². The van der Waals surface area contributed by atoms with Crippen molar-refractivity contribution in [3.63, 3.8) is 0 Å². The smallest absolute Gasteiger partial charge is 0.157 e. The maximum absolute atomic E-state index is 11.8. The first-order chi connectivity index (χ1) is 11.7. The lowest BCUT2D eigenvalue weighted by atomic mass is 10.1. The summed E-state index contributed by atoms with van der Waals surface area (Å²) in [5.74, 6) is 0.131. The summed E-state index contributed by atoms with van der Waals surface area (Å²) in [4.78, 5) is 23.6. The Balaban J connectivity index is 1.44. The van der Waals surface area contributed by atoms with Crippen molar-refractivity contribution in [2.75, 3.05) is 26.4 Å². The van der Waals surface area contributed by atoms with Crippen LogP contribution in [-0.4, -0.2) is 50.6 Å². The third-order valence-electron chi connectivity index (χ3n) is 4.33. The van der Waals surface area contributed by atoms with Gasteiger partial charge in [0.2, 0.25) is 0 Å². The topological polar surface area (TPSA) is 71.1 Å². The fraction of sp³-hybridized carbons (Fsp3) is 0.889. The largest absolute Gasteiger partial charge is 0.353 e. The summed E-state index contributed by atoms with van der Waals surface area (Å²) in [6.07, 6.45) is 7.13. The molecule has 24 heavy (non-hydrogen) atoms. The molecular formula is C18H30O6. The van der Waals surface area contributed by atoms with E-state index in [1.807, 2.05) is 0 Å². The lowest BCUT2D eigenvalue weighted by Crippen LogP contribution is -2.23. The minimum Gasteiger partial charge on any atom is -0.353 e. The summed E-state index contributed by atoms with van der Waals surface area (Å²) in [6.45, 7) is 2.22. The van der Waals surface area contributed by atoms with Crippen molar-refractivity contribution in [3.05, 3.63) is 0 Å². The molecule has 0 aromatic carbocycles. The molecule has 2 rings (SSSR count). The molecule has 0 aliphatic carbocycles. The van der Waals surface area contributed by atoms with Crippen LogP contribution in [0, 0.1) is 0 Å². The molecule has 0 N–H and O–H groups in total. The van der Waals surface area contributed by atoms with Crippen molar-refractivity contribution in [1.82, 2.24) is 0 Å². The molecule has 0 radical (unpaired) electrons. The van der Waals surface area contributed by atoms with Crippen molar-refractivity contribution in [1.29, 1.82) is 0 Å². The SMILES string of the molecule is O=C(CCOC1CCCCO1)CCC(=O)CCOC1CCCCO1. The van der Waals surface area contributed by atoms with E-state index in [-0.39, 0.29) is 37.0 Å². The molecule has 0 bridgehead atoms. The Morgan fingerprint density at radius 1 is 0.708 bits per heavy atom. The van der Waals surface area contributed by atoms with E-state index in [9.17, 15) is 9.59 Å². The first-order valence-electron chi connectivity index (χ1n) is 9.24. The zero-order valence-corrected chi connectivity index (χ0v) is 14.5. The second-order valence-electron chi connectivity index (χ2n) is 6.41. The molecule has 0 spiro atoms. The number of ether oxygens (including phenoxy) is 4. The van der Waals surface area contributed by atoms with E-state index in [0.29, 0.717) is 26.1 Å². The van der Waals surface area contributed by atoms with Gasteiger partial charge >= 0.3 is 0 Å². The number of hydrogen-bond donors (Lipinski definition) is 0. The predicted octanol–water partition coefficient (Wildman–Crippen LogP) is 2.77. The number of carbonyl (C=O) groups excluding carboxylic acids is 2. The molecular weight excluding hydrogens is 312 g/mol. The third kappa shape index (κ3) is 8.33. The fourth-order valence-corrected chi connectivity index (χ4v) is 2.82. The van der Waals surface area contributed by atoms with Gasteiger partial charge in [0, 0.05) is 38.9 Å². The minimum atomic E-state index is -0.160. The highest BCUT2D eigenvalue weighted by Gasteiger charge is 2.16. The number of Topliss-reactive ketones (excluding diaryl/α,β-unsaturated/α-hetero) is 2. The van der Waals surface area contributed by atoms with Gasteiger partial charge in [0.25, 0.3) is 0 Å². The van der Waals surface area contributed by atoms with Crippen LogP contribution in [0.2, 0.25) is 0 Å². The first-order valence-corrected chi connectivity index (χ1v) is 9.24. The van der Waals surface area contributed by atoms with Crippen molar-refractivity contribution in [3.8, 4) is 0 Å². The van der Waals surface area contributed by atoms with Crippen molar-refractivity contribution in [2.45, 2.75) is 76.8 Å². The zero-order chi connectivity index (χ0) is 17.0. The van der Waals surface area contributed by atoms with Crippen molar-refractivity contribution in [2.24, 2.45) is 0 Å². The van der Waals surface area contributed by atoms with Crippen molar-refractivity contribution < 1.29 is 28.5 Å². The van der Waals surface area contributed by atoms with E-state index in [4.69, 9.17) is 18.9 Å². The zero-order valence-electron chi connectivity index (χ0n) is 14.5. The average Bonchev–Trinajstić information content (AvgIpc) is 2.62. The summed E-state index contributed by atoms with van der Waals surface area (Å²) in [5, 5.41) is 0. The number of rotatable bonds is 11. The van der Waals surface area contributed by atoms with E-state index in [0.717, 1.165) is 51.7 Å². The molecule has 2 heterocycles. The van der Waals surface area contributed by atoms with Crippen LogP contribution in [-0.2, 0) is 28.5 Å². The molecule has 2 fully saturated rings. The van der Waals surface area contributed by atoms with Gasteiger partial charge in [0.15, 0.2) is 12.6 Å². The monoisotopic (exact) mass is 342 g/mol. The van der Waals surface area contributed by atoms with Gasteiger partial charge in [-0.3, -0.25) is 9.59 Å². The standard InChI is InChI=1S/C18H30O6/c19-15(9-13-23-17-5-1-3-11-21-17)7-8-16(20)10-14-24-18-6-2-4-12-22-18/h17-18H,1-14H2. The molecule has 0 aromatic rings. The lowest BCUT2D eigenvalue weighted by Gasteiger charge is -2.22. The summed E-state index contributed by atoms with van der Waals surface area (Å²) in [6, 6.07) is 0. The van der Waals surface area contributed by atoms with Crippen LogP contribution in [0.4, 0.5) is 0 Å². The number of ketones is 2. The number of carbonyl (C=O) groups is 2. The Morgan fingerprint density at radius 2 is 1.17 bits per heavy atom. The van der Waals surface area contributed by atoms with Gasteiger partial charge in [-0.1, -0.05) is 0 Å². The van der Waals surface area contributed by atoms with Crippen LogP contribution in [0.3, 0.4) is 0 Å². The highest BCUT2D eigenvalue weighted by molar-refractivity contribution is 5.86. The Bertz CT molecular complexity index is 336. The van der Waals surface area contributed by atoms with Gasteiger partial charge < -0.3 is 18.9 Å². The molecule has 0 amide bonds. The molecule has 138 valence electrons. The van der Waals surface area contributed by atoms with Crippen LogP contribution in [0.15, 0.2) is 0 Å². The molecule has 2 unspecified atom stereocenters. The van der Waals surface area contributed by atoms with E-state index in [1.165, 1.54) is 0 Å². The lowest BCUT2D eigenvalue weighted by molar-refractivity contribution is -0.165. The maximum Gasteiger partial charge on any atom is 0.157 e. The Labute approximate surface area is 144 Å². The maximum atomic E-state index is 11.8. The summed E-state index contributed by atoms with van der Waals surface area (Å²) >= 11 is 0. The molecule has 2 saturated heterocycles. The van der Waals surface area contributed by atoms with Crippen LogP contribution in [0.1, 0.15) is 64.2 Å². The molecule has 2 aliphatic heterocycles. The highest BCUT2D eigenvalue weighted by atomic mass is 16.7. The predicted molar refractivity (Wildman–Crippen MR) is 87.6 cm³/mol. The van der Waals surface area contributed by atoms with Gasteiger partial charge in [-0.15, -0.1) is 0 Å². The Kier molecular flexibility index (Phi) is 9.50. The molecule has 2 aliphatic rings. The molecule has 2 atom stereocenters. The van der Waals surface area contributed by atoms with Gasteiger partial charge in [0.05, 0.1) is 13.2 Å². The highest BCUT2D eigenvalue weighted by Crippen LogP contribution is 2.15. The summed E-state index contributed by atoms with van der Waals surface area (Å²) < 4.78 is 21.9. The second-order valence-corrected chi connectivity index (χ2v) is 6.41. The quantitative estimate of drug-likeness (QED) is 0.575.